The normalized spacial score (nSPS) is 13.2. The van der Waals surface area contributed by atoms with E-state index in [1.807, 2.05) is 36.4 Å². The molecule has 0 atom stereocenters. The van der Waals surface area contributed by atoms with Crippen LogP contribution < -0.4 is 0 Å². The lowest BCUT2D eigenvalue weighted by molar-refractivity contribution is 0.492. The molecule has 0 amide bonds. The fraction of sp³-hybridized carbons (Fsp3) is 0. The van der Waals surface area contributed by atoms with Crippen molar-refractivity contribution in [1.29, 1.82) is 0 Å². The van der Waals surface area contributed by atoms with E-state index in [0.29, 0.717) is 11.1 Å². The Morgan fingerprint density at radius 1 is 0.875 bits per heavy atom. The smallest absolute Gasteiger partial charge is 0.282 e. The van der Waals surface area contributed by atoms with E-state index in [1.165, 1.54) is 6.08 Å². The molecule has 4 heteroatoms. The lowest BCUT2D eigenvalue weighted by atomic mass is 10.1. The summed E-state index contributed by atoms with van der Waals surface area (Å²) in [4.78, 5) is -0.171. The highest BCUT2D eigenvalue weighted by Crippen LogP contribution is 2.24. The molecule has 0 saturated carbocycles. The molecule has 2 aromatic rings. The van der Waals surface area contributed by atoms with E-state index in [9.17, 15) is 13.0 Å². The van der Waals surface area contributed by atoms with Crippen molar-refractivity contribution >= 4 is 22.3 Å². The highest BCUT2D eigenvalue weighted by atomic mass is 32.2. The molecule has 0 heterocycles. The summed E-state index contributed by atoms with van der Waals surface area (Å²) in [6.07, 6.45) is 7.91. The fourth-order valence-corrected chi connectivity index (χ4v) is 2.82. The van der Waals surface area contributed by atoms with Crippen molar-refractivity contribution in [2.24, 2.45) is 0 Å². The highest BCUT2D eigenvalue weighted by Gasteiger charge is 2.17. The van der Waals surface area contributed by atoms with Crippen LogP contribution in [0.2, 0.25) is 0 Å². The third-order valence-corrected chi connectivity index (χ3v) is 4.10. The summed E-state index contributed by atoms with van der Waals surface area (Å²) in [5, 5.41) is 0. The molecule has 0 aromatic heterocycles. The predicted molar refractivity (Wildman–Crippen MR) is 99.7 cm³/mol. The second-order valence-corrected chi connectivity index (χ2v) is 6.39. The third kappa shape index (κ3) is 5.19. The van der Waals surface area contributed by atoms with Crippen molar-refractivity contribution in [3.8, 4) is 0 Å². The molecule has 2 aromatic carbocycles. The van der Waals surface area contributed by atoms with Crippen molar-refractivity contribution in [3.63, 3.8) is 0 Å². The van der Waals surface area contributed by atoms with E-state index in [-0.39, 0.29) is 4.91 Å². The van der Waals surface area contributed by atoms with Gasteiger partial charge in [-0.3, -0.25) is 4.55 Å². The average molecular weight is 338 g/mol. The lowest BCUT2D eigenvalue weighted by Gasteiger charge is -2.07. The van der Waals surface area contributed by atoms with Crippen LogP contribution in [0.15, 0.2) is 95.9 Å². The molecule has 0 aliphatic carbocycles. The molecule has 0 saturated heterocycles. The number of hydrogen-bond donors (Lipinski definition) is 1. The first-order valence-electron chi connectivity index (χ1n) is 7.31. The van der Waals surface area contributed by atoms with Crippen molar-refractivity contribution in [2.45, 2.75) is 0 Å². The van der Waals surface area contributed by atoms with Gasteiger partial charge in [0, 0.05) is 0 Å². The van der Waals surface area contributed by atoms with Crippen molar-refractivity contribution in [2.75, 3.05) is 0 Å². The Morgan fingerprint density at radius 3 is 1.83 bits per heavy atom. The first kappa shape index (κ1) is 17.7. The van der Waals surface area contributed by atoms with Gasteiger partial charge in [0.05, 0.1) is 0 Å². The van der Waals surface area contributed by atoms with Gasteiger partial charge in [0.2, 0.25) is 0 Å². The van der Waals surface area contributed by atoms with Crippen LogP contribution in [0.25, 0.3) is 12.2 Å². The number of benzene rings is 2. The molecule has 0 radical (unpaired) electrons. The molecule has 0 spiro atoms. The molecule has 0 unspecified atom stereocenters. The topological polar surface area (TPSA) is 54.4 Å². The van der Waals surface area contributed by atoms with Gasteiger partial charge in [-0.1, -0.05) is 85.5 Å². The zero-order valence-corrected chi connectivity index (χ0v) is 13.9. The zero-order chi connectivity index (χ0) is 17.4. The molecule has 0 fully saturated rings. The molecular formula is C20H18O3S. The van der Waals surface area contributed by atoms with E-state index in [1.54, 1.807) is 48.6 Å². The summed E-state index contributed by atoms with van der Waals surface area (Å²) in [5.41, 5.74) is 1.87. The first-order valence-corrected chi connectivity index (χ1v) is 8.75. The van der Waals surface area contributed by atoms with E-state index in [4.69, 9.17) is 0 Å². The maximum absolute atomic E-state index is 11.9. The Balaban J connectivity index is 2.62. The molecule has 0 aliphatic rings. The third-order valence-electron chi connectivity index (χ3n) is 3.19. The number of rotatable bonds is 6. The molecule has 3 nitrogen and oxygen atoms in total. The van der Waals surface area contributed by atoms with Gasteiger partial charge in [0.1, 0.15) is 4.91 Å². The predicted octanol–water partition coefficient (Wildman–Crippen LogP) is 4.74. The largest absolute Gasteiger partial charge is 0.295 e. The van der Waals surface area contributed by atoms with Crippen molar-refractivity contribution in [1.82, 2.24) is 0 Å². The number of hydrogen-bond acceptors (Lipinski definition) is 2. The second-order valence-electron chi connectivity index (χ2n) is 5.00. The molecule has 2 rings (SSSR count). The van der Waals surface area contributed by atoms with Gasteiger partial charge in [-0.2, -0.15) is 8.42 Å². The Kier molecular flexibility index (Phi) is 6.07. The van der Waals surface area contributed by atoms with E-state index < -0.39 is 10.1 Å². The quantitative estimate of drug-likeness (QED) is 0.611. The maximum Gasteiger partial charge on any atom is 0.295 e. The number of allylic oxidation sites excluding steroid dienone is 4. The summed E-state index contributed by atoms with van der Waals surface area (Å²) in [6.45, 7) is 3.60. The molecule has 122 valence electrons. The van der Waals surface area contributed by atoms with Gasteiger partial charge < -0.3 is 0 Å². The summed E-state index contributed by atoms with van der Waals surface area (Å²) in [6, 6.07) is 18.3. The molecule has 1 N–H and O–H groups in total. The van der Waals surface area contributed by atoms with Crippen LogP contribution in [0.3, 0.4) is 0 Å². The fourth-order valence-electron chi connectivity index (χ4n) is 2.11. The summed E-state index contributed by atoms with van der Waals surface area (Å²) >= 11 is 0. The van der Waals surface area contributed by atoms with E-state index >= 15 is 0 Å². The Labute approximate surface area is 142 Å². The molecule has 0 aliphatic heterocycles. The molecular weight excluding hydrogens is 320 g/mol. The van der Waals surface area contributed by atoms with Gasteiger partial charge in [-0.05, 0) is 28.9 Å². The Hall–Kier alpha value is -2.69. The van der Waals surface area contributed by atoms with Crippen LogP contribution in [0.1, 0.15) is 11.1 Å². The standard InChI is InChI=1S/C20H18O3S/c1-2-3-14-19(15-17-10-6-4-7-11-17)20(24(21,22)23)16-18-12-8-5-9-13-18/h2-16H,1H2,(H,21,22,23). The minimum absolute atomic E-state index is 0.171. The Morgan fingerprint density at radius 2 is 1.38 bits per heavy atom. The van der Waals surface area contributed by atoms with Crippen LogP contribution in [0.4, 0.5) is 0 Å². The maximum atomic E-state index is 11.9. The average Bonchev–Trinajstić information content (AvgIpc) is 2.57. The summed E-state index contributed by atoms with van der Waals surface area (Å²) in [7, 11) is -4.41. The summed E-state index contributed by atoms with van der Waals surface area (Å²) in [5.74, 6) is 0. The van der Waals surface area contributed by atoms with Gasteiger partial charge in [0.25, 0.3) is 10.1 Å². The van der Waals surface area contributed by atoms with Crippen molar-refractivity contribution in [3.05, 3.63) is 107 Å². The monoisotopic (exact) mass is 338 g/mol. The van der Waals surface area contributed by atoms with Crippen molar-refractivity contribution < 1.29 is 13.0 Å². The van der Waals surface area contributed by atoms with Crippen LogP contribution in [0.5, 0.6) is 0 Å². The van der Waals surface area contributed by atoms with Gasteiger partial charge >= 0.3 is 0 Å². The lowest BCUT2D eigenvalue weighted by Crippen LogP contribution is -2.04. The minimum atomic E-state index is -4.41. The molecule has 24 heavy (non-hydrogen) atoms. The second kappa shape index (κ2) is 8.24. The van der Waals surface area contributed by atoms with Gasteiger partial charge in [-0.15, -0.1) is 0 Å². The Bertz CT molecular complexity index is 875. The zero-order valence-electron chi connectivity index (χ0n) is 13.0. The van der Waals surface area contributed by atoms with Crippen LogP contribution in [-0.4, -0.2) is 13.0 Å². The first-order chi connectivity index (χ1) is 11.5. The molecule has 0 bridgehead atoms. The summed E-state index contributed by atoms with van der Waals surface area (Å²) < 4.78 is 33.5. The SMILES string of the molecule is C=CC=CC(=Cc1ccccc1)C(=Cc1ccccc1)S(=O)(=O)O. The van der Waals surface area contributed by atoms with Crippen LogP contribution in [0, 0.1) is 0 Å². The van der Waals surface area contributed by atoms with Crippen LogP contribution in [-0.2, 0) is 10.1 Å². The van der Waals surface area contributed by atoms with E-state index in [0.717, 1.165) is 5.56 Å². The van der Waals surface area contributed by atoms with Gasteiger partial charge in [-0.25, -0.2) is 0 Å². The van der Waals surface area contributed by atoms with Gasteiger partial charge in [0.15, 0.2) is 0 Å². The minimum Gasteiger partial charge on any atom is -0.282 e. The highest BCUT2D eigenvalue weighted by molar-refractivity contribution is 7.90. The van der Waals surface area contributed by atoms with E-state index in [2.05, 4.69) is 6.58 Å². The van der Waals surface area contributed by atoms with Crippen LogP contribution >= 0.6 is 0 Å².